The molecule has 186 valence electrons. The predicted molar refractivity (Wildman–Crippen MR) is 136 cm³/mol. The second-order valence-electron chi connectivity index (χ2n) is 9.64. The van der Waals surface area contributed by atoms with Gasteiger partial charge in [-0.3, -0.25) is 9.69 Å². The number of ether oxygens (including phenoxy) is 2. The number of nitrogens with zero attached hydrogens (tertiary/aromatic N) is 4. The first-order valence-corrected chi connectivity index (χ1v) is 12.4. The van der Waals surface area contributed by atoms with Gasteiger partial charge in [0.25, 0.3) is 0 Å². The van der Waals surface area contributed by atoms with Crippen LogP contribution in [-0.4, -0.2) is 67.3 Å². The Balaban J connectivity index is 1.36. The van der Waals surface area contributed by atoms with E-state index >= 15 is 0 Å². The summed E-state index contributed by atoms with van der Waals surface area (Å²) >= 11 is 0. The van der Waals surface area contributed by atoms with Gasteiger partial charge in [0.15, 0.2) is 5.96 Å². The zero-order valence-corrected chi connectivity index (χ0v) is 20.5. The third kappa shape index (κ3) is 4.83. The van der Waals surface area contributed by atoms with Crippen LogP contribution in [-0.2, 0) is 19.8 Å². The highest BCUT2D eigenvalue weighted by Crippen LogP contribution is 2.38. The lowest BCUT2D eigenvalue weighted by atomic mass is 9.84. The third-order valence-corrected chi connectivity index (χ3v) is 7.20. The molecule has 0 aliphatic carbocycles. The number of pyridine rings is 1. The Morgan fingerprint density at radius 2 is 1.83 bits per heavy atom. The molecule has 2 fully saturated rings. The summed E-state index contributed by atoms with van der Waals surface area (Å²) in [7, 11) is 0. The van der Waals surface area contributed by atoms with Gasteiger partial charge < -0.3 is 25.4 Å². The van der Waals surface area contributed by atoms with Crippen LogP contribution in [0.4, 0.5) is 17.2 Å². The molecule has 1 aromatic carbocycles. The summed E-state index contributed by atoms with van der Waals surface area (Å²) in [4.78, 5) is 26.6. The zero-order valence-electron chi connectivity index (χ0n) is 20.5. The molecular weight excluding hydrogens is 444 g/mol. The molecule has 0 unspecified atom stereocenters. The van der Waals surface area contributed by atoms with Crippen LogP contribution in [0.15, 0.2) is 41.5 Å². The SMILES string of the molecule is Cc1c(Nc2ccc(N3CCOCC3)nc2)cccc1[C@]1(C)CC(=O)N(C2CCOCC2)C(N)=N1. The first-order valence-electron chi connectivity index (χ1n) is 12.4. The van der Waals surface area contributed by atoms with E-state index < -0.39 is 5.54 Å². The number of guanidine groups is 1. The first kappa shape index (κ1) is 23.6. The minimum Gasteiger partial charge on any atom is -0.381 e. The molecule has 1 aromatic heterocycles. The smallest absolute Gasteiger partial charge is 0.232 e. The second-order valence-corrected chi connectivity index (χ2v) is 9.64. The van der Waals surface area contributed by atoms with Gasteiger partial charge in [0, 0.05) is 38.0 Å². The number of carbonyl (C=O) groups excluding carboxylic acids is 1. The van der Waals surface area contributed by atoms with E-state index in [0.29, 0.717) is 19.2 Å². The Morgan fingerprint density at radius 3 is 2.51 bits per heavy atom. The number of nitrogens with one attached hydrogen (secondary N) is 1. The molecule has 3 aliphatic heterocycles. The summed E-state index contributed by atoms with van der Waals surface area (Å²) in [6, 6.07) is 10.2. The molecule has 5 rings (SSSR count). The van der Waals surface area contributed by atoms with E-state index in [4.69, 9.17) is 20.2 Å². The number of anilines is 3. The molecule has 2 saturated heterocycles. The van der Waals surface area contributed by atoms with E-state index in [-0.39, 0.29) is 18.4 Å². The van der Waals surface area contributed by atoms with Crippen molar-refractivity contribution in [2.24, 2.45) is 10.7 Å². The fraction of sp³-hybridized carbons (Fsp3) is 0.500. The van der Waals surface area contributed by atoms with Crippen molar-refractivity contribution in [3.05, 3.63) is 47.7 Å². The van der Waals surface area contributed by atoms with Gasteiger partial charge in [-0.1, -0.05) is 12.1 Å². The molecule has 3 N–H and O–H groups in total. The standard InChI is InChI=1S/C26H34N6O3/c1-18-21(26(2)16-24(33)32(25(27)30-26)20-8-12-34-13-9-20)4-3-5-22(18)29-19-6-7-23(28-17-19)31-10-14-35-15-11-31/h3-7,17,20,29H,8-16H2,1-2H3,(H2,27,30)/t26-/m0/s1. The highest BCUT2D eigenvalue weighted by Gasteiger charge is 2.41. The van der Waals surface area contributed by atoms with E-state index in [1.165, 1.54) is 0 Å². The molecule has 0 bridgehead atoms. The third-order valence-electron chi connectivity index (χ3n) is 7.20. The summed E-state index contributed by atoms with van der Waals surface area (Å²) < 4.78 is 10.9. The van der Waals surface area contributed by atoms with E-state index in [1.54, 1.807) is 4.90 Å². The van der Waals surface area contributed by atoms with Crippen LogP contribution in [0.1, 0.15) is 37.3 Å². The van der Waals surface area contributed by atoms with Gasteiger partial charge in [-0.05, 0) is 56.0 Å². The second kappa shape index (κ2) is 9.83. The molecule has 3 aliphatic rings. The Hall–Kier alpha value is -3.17. The van der Waals surface area contributed by atoms with Crippen molar-refractivity contribution in [2.75, 3.05) is 49.7 Å². The van der Waals surface area contributed by atoms with Crippen molar-refractivity contribution in [3.63, 3.8) is 0 Å². The number of nitrogens with two attached hydrogens (primary N) is 1. The topological polar surface area (TPSA) is 105 Å². The summed E-state index contributed by atoms with van der Waals surface area (Å²) in [5.41, 5.74) is 9.55. The molecule has 2 aromatic rings. The maximum atomic E-state index is 13.2. The van der Waals surface area contributed by atoms with Crippen LogP contribution in [0.25, 0.3) is 0 Å². The quantitative estimate of drug-likeness (QED) is 0.681. The lowest BCUT2D eigenvalue weighted by Gasteiger charge is -2.41. The molecule has 4 heterocycles. The summed E-state index contributed by atoms with van der Waals surface area (Å²) in [5.74, 6) is 1.28. The van der Waals surface area contributed by atoms with E-state index in [9.17, 15) is 4.79 Å². The molecule has 1 amide bonds. The first-order chi connectivity index (χ1) is 16.9. The number of hydrogen-bond donors (Lipinski definition) is 2. The van der Waals surface area contributed by atoms with Crippen molar-refractivity contribution < 1.29 is 14.3 Å². The van der Waals surface area contributed by atoms with Crippen LogP contribution in [0.5, 0.6) is 0 Å². The predicted octanol–water partition coefficient (Wildman–Crippen LogP) is 2.91. The number of morpholine rings is 1. The summed E-state index contributed by atoms with van der Waals surface area (Å²) in [6.07, 6.45) is 3.71. The number of rotatable bonds is 5. The fourth-order valence-electron chi connectivity index (χ4n) is 5.29. The van der Waals surface area contributed by atoms with E-state index in [2.05, 4.69) is 22.1 Å². The monoisotopic (exact) mass is 478 g/mol. The molecular formula is C26H34N6O3. The van der Waals surface area contributed by atoms with Gasteiger partial charge >= 0.3 is 0 Å². The molecule has 0 spiro atoms. The Kier molecular flexibility index (Phi) is 6.62. The maximum absolute atomic E-state index is 13.2. The molecule has 9 heteroatoms. The van der Waals surface area contributed by atoms with Crippen molar-refractivity contribution in [1.82, 2.24) is 9.88 Å². The normalized spacial score (nSPS) is 23.8. The Labute approximate surface area is 206 Å². The molecule has 1 atom stereocenters. The van der Waals surface area contributed by atoms with E-state index in [0.717, 1.165) is 67.5 Å². The number of aromatic nitrogens is 1. The highest BCUT2D eigenvalue weighted by atomic mass is 16.5. The summed E-state index contributed by atoms with van der Waals surface area (Å²) in [6.45, 7) is 8.51. The average Bonchev–Trinajstić information content (AvgIpc) is 2.86. The number of carbonyl (C=O) groups is 1. The minimum atomic E-state index is -0.719. The van der Waals surface area contributed by atoms with Gasteiger partial charge in [0.1, 0.15) is 5.82 Å². The number of hydrogen-bond acceptors (Lipinski definition) is 8. The lowest BCUT2D eigenvalue weighted by molar-refractivity contribution is -0.132. The average molecular weight is 479 g/mol. The molecule has 9 nitrogen and oxygen atoms in total. The van der Waals surface area contributed by atoms with Gasteiger partial charge in [-0.2, -0.15) is 0 Å². The largest absolute Gasteiger partial charge is 0.381 e. The maximum Gasteiger partial charge on any atom is 0.232 e. The van der Waals surface area contributed by atoms with Gasteiger partial charge in [-0.15, -0.1) is 0 Å². The van der Waals surface area contributed by atoms with E-state index in [1.807, 2.05) is 43.5 Å². The number of benzene rings is 1. The molecule has 0 saturated carbocycles. The molecule has 0 radical (unpaired) electrons. The zero-order chi connectivity index (χ0) is 24.4. The Morgan fingerprint density at radius 1 is 1.09 bits per heavy atom. The fourth-order valence-corrected chi connectivity index (χ4v) is 5.29. The van der Waals surface area contributed by atoms with Crippen LogP contribution < -0.4 is 16.0 Å². The van der Waals surface area contributed by atoms with Crippen LogP contribution >= 0.6 is 0 Å². The van der Waals surface area contributed by atoms with Gasteiger partial charge in [0.2, 0.25) is 5.91 Å². The minimum absolute atomic E-state index is 0.0209. The van der Waals surface area contributed by atoms with Crippen molar-refractivity contribution >= 4 is 29.1 Å². The Bertz CT molecular complexity index is 1090. The van der Waals surface area contributed by atoms with Gasteiger partial charge in [-0.25, -0.2) is 9.98 Å². The number of amides is 1. The lowest BCUT2D eigenvalue weighted by Crippen LogP contribution is -2.55. The van der Waals surface area contributed by atoms with Crippen LogP contribution in [0.2, 0.25) is 0 Å². The van der Waals surface area contributed by atoms with Crippen molar-refractivity contribution in [2.45, 2.75) is 44.7 Å². The molecule has 35 heavy (non-hydrogen) atoms. The van der Waals surface area contributed by atoms with Gasteiger partial charge in [0.05, 0.1) is 37.1 Å². The highest BCUT2D eigenvalue weighted by molar-refractivity contribution is 5.99. The van der Waals surface area contributed by atoms with Crippen LogP contribution in [0.3, 0.4) is 0 Å². The van der Waals surface area contributed by atoms with Crippen molar-refractivity contribution in [1.29, 1.82) is 0 Å². The van der Waals surface area contributed by atoms with Crippen LogP contribution in [0, 0.1) is 6.92 Å². The van der Waals surface area contributed by atoms with Crippen molar-refractivity contribution in [3.8, 4) is 0 Å². The number of aliphatic imine (C=N–C) groups is 1. The summed E-state index contributed by atoms with van der Waals surface area (Å²) in [5, 5.41) is 3.49.